The van der Waals surface area contributed by atoms with Crippen LogP contribution in [0.4, 0.5) is 10.7 Å². The number of hydrogen-bond donors (Lipinski definition) is 1. The Balaban J connectivity index is 1.83. The summed E-state index contributed by atoms with van der Waals surface area (Å²) in [6.07, 6.45) is 4.64. The highest BCUT2D eigenvalue weighted by Crippen LogP contribution is 2.18. The Hall–Kier alpha value is -1.83. The van der Waals surface area contributed by atoms with E-state index in [1.54, 1.807) is 11.0 Å². The first-order valence-electron chi connectivity index (χ1n) is 8.20. The van der Waals surface area contributed by atoms with Gasteiger partial charge in [-0.3, -0.25) is 9.84 Å². The molecule has 130 valence electrons. The topological polar surface area (TPSA) is 80.7 Å². The molecule has 1 amide bonds. The average molecular weight is 327 g/mol. The highest BCUT2D eigenvalue weighted by Gasteiger charge is 2.34. The molecule has 0 saturated carbocycles. The van der Waals surface area contributed by atoms with E-state index in [1.807, 2.05) is 13.8 Å². The molecule has 0 bridgehead atoms. The van der Waals surface area contributed by atoms with Gasteiger partial charge in [0.2, 0.25) is 5.27 Å². The number of rotatable bonds is 6. The molecule has 2 unspecified atom stereocenters. The van der Waals surface area contributed by atoms with Crippen molar-refractivity contribution in [3.05, 3.63) is 6.20 Å². The van der Waals surface area contributed by atoms with E-state index in [4.69, 9.17) is 14.0 Å². The summed E-state index contributed by atoms with van der Waals surface area (Å²) >= 11 is 0. The normalized spacial score (nSPS) is 21.5. The molecular weight excluding hydrogens is 300 g/mol. The number of carbonyl (C=O) groups is 1. The Kier molecular flexibility index (Phi) is 6.20. The third-order valence-electron chi connectivity index (χ3n) is 3.83. The predicted molar refractivity (Wildman–Crippen MR) is 83.7 cm³/mol. The van der Waals surface area contributed by atoms with E-state index in [-0.39, 0.29) is 18.6 Å². The number of aromatic nitrogens is 2. The first kappa shape index (κ1) is 17.5. The highest BCUT2D eigenvalue weighted by atomic mass is 16.6. The lowest BCUT2D eigenvalue weighted by Gasteiger charge is -2.31. The summed E-state index contributed by atoms with van der Waals surface area (Å²) in [5.41, 5.74) is 0. The van der Waals surface area contributed by atoms with E-state index in [1.165, 1.54) is 6.42 Å². The van der Waals surface area contributed by atoms with E-state index in [0.717, 1.165) is 12.8 Å². The fraction of sp³-hybridized carbons (Fsp3) is 0.800. The molecule has 1 saturated heterocycles. The first-order valence-corrected chi connectivity index (χ1v) is 8.20. The van der Waals surface area contributed by atoms with Gasteiger partial charge in [0.15, 0.2) is 0 Å². The second-order valence-corrected chi connectivity index (χ2v) is 6.18. The SMILES string of the molecule is CC(C)OCCOC(=O)Nc1c[n+](N2C(C)CCCC2C)no1. The zero-order valence-corrected chi connectivity index (χ0v) is 14.3. The van der Waals surface area contributed by atoms with Gasteiger partial charge in [0.05, 0.1) is 29.6 Å². The molecule has 0 aliphatic carbocycles. The Morgan fingerprint density at radius 1 is 1.43 bits per heavy atom. The molecule has 1 aliphatic heterocycles. The fourth-order valence-corrected chi connectivity index (χ4v) is 2.77. The van der Waals surface area contributed by atoms with E-state index in [9.17, 15) is 4.79 Å². The number of hydrogen-bond acceptors (Lipinski definition) is 6. The summed E-state index contributed by atoms with van der Waals surface area (Å²) < 4.78 is 15.5. The molecular formula is C15H27N4O4+. The molecule has 1 N–H and O–H groups in total. The lowest BCUT2D eigenvalue weighted by Crippen LogP contribution is -2.67. The van der Waals surface area contributed by atoms with Crippen LogP contribution >= 0.6 is 0 Å². The van der Waals surface area contributed by atoms with Gasteiger partial charge in [-0.15, -0.1) is 5.01 Å². The summed E-state index contributed by atoms with van der Waals surface area (Å²) in [5.74, 6) is 0.254. The lowest BCUT2D eigenvalue weighted by atomic mass is 10.00. The molecule has 8 heteroatoms. The zero-order chi connectivity index (χ0) is 16.8. The quantitative estimate of drug-likeness (QED) is 0.634. The van der Waals surface area contributed by atoms with E-state index in [0.29, 0.717) is 18.7 Å². The smallest absolute Gasteiger partial charge is 0.414 e. The second kappa shape index (κ2) is 8.14. The number of nitrogens with zero attached hydrogens (tertiary/aromatic N) is 3. The number of nitrogens with one attached hydrogen (secondary N) is 1. The third-order valence-corrected chi connectivity index (χ3v) is 3.83. The number of piperidine rings is 1. The molecule has 23 heavy (non-hydrogen) atoms. The standard InChI is InChI=1S/C15H26N4O4/c1-11(2)21-8-9-22-15(20)16-14-10-18(17-23-14)19-12(3)6-5-7-13(19)4/h10-13H,5-9H2,1-4H3/p+1. The summed E-state index contributed by atoms with van der Waals surface area (Å²) in [6.45, 7) is 8.73. The first-order chi connectivity index (χ1) is 11.0. The van der Waals surface area contributed by atoms with Crippen molar-refractivity contribution in [3.8, 4) is 0 Å². The van der Waals surface area contributed by atoms with Crippen molar-refractivity contribution in [2.75, 3.05) is 23.5 Å². The van der Waals surface area contributed by atoms with Gasteiger partial charge in [0, 0.05) is 0 Å². The van der Waals surface area contributed by atoms with Crippen LogP contribution in [0.2, 0.25) is 0 Å². The van der Waals surface area contributed by atoms with Gasteiger partial charge in [-0.2, -0.15) is 0 Å². The van der Waals surface area contributed by atoms with Crippen LogP contribution < -0.4 is 15.1 Å². The minimum absolute atomic E-state index is 0.114. The van der Waals surface area contributed by atoms with Gasteiger partial charge >= 0.3 is 12.0 Å². The van der Waals surface area contributed by atoms with Crippen LogP contribution in [0.3, 0.4) is 0 Å². The molecule has 2 atom stereocenters. The maximum atomic E-state index is 11.7. The number of ether oxygens (including phenoxy) is 2. The van der Waals surface area contributed by atoms with Gasteiger partial charge in [-0.05, 0) is 47.0 Å². The van der Waals surface area contributed by atoms with Crippen LogP contribution in [0.25, 0.3) is 0 Å². The Morgan fingerprint density at radius 3 is 2.78 bits per heavy atom. The second-order valence-electron chi connectivity index (χ2n) is 6.18. The number of anilines is 1. The third kappa shape index (κ3) is 5.09. The molecule has 0 spiro atoms. The van der Waals surface area contributed by atoms with Crippen molar-refractivity contribution in [3.63, 3.8) is 0 Å². The van der Waals surface area contributed by atoms with Gasteiger partial charge in [-0.25, -0.2) is 4.79 Å². The summed E-state index contributed by atoms with van der Waals surface area (Å²) in [7, 11) is 0. The van der Waals surface area contributed by atoms with E-state index >= 15 is 0 Å². The monoisotopic (exact) mass is 327 g/mol. The maximum absolute atomic E-state index is 11.7. The summed E-state index contributed by atoms with van der Waals surface area (Å²) in [5, 5.41) is 8.66. The fourth-order valence-electron chi connectivity index (χ4n) is 2.77. The molecule has 0 aromatic carbocycles. The molecule has 8 nitrogen and oxygen atoms in total. The Labute approximate surface area is 136 Å². The molecule has 1 fully saturated rings. The molecule has 1 aliphatic rings. The van der Waals surface area contributed by atoms with Crippen molar-refractivity contribution >= 4 is 12.0 Å². The van der Waals surface area contributed by atoms with E-state index in [2.05, 4.69) is 29.4 Å². The van der Waals surface area contributed by atoms with Crippen LogP contribution in [0.5, 0.6) is 0 Å². The molecule has 1 aromatic rings. The van der Waals surface area contributed by atoms with Crippen molar-refractivity contribution in [1.29, 1.82) is 0 Å². The molecule has 2 rings (SSSR count). The number of carbonyl (C=O) groups excluding carboxylic acids is 1. The van der Waals surface area contributed by atoms with Gasteiger partial charge in [0.25, 0.3) is 6.20 Å². The molecule has 0 radical (unpaired) electrons. The minimum atomic E-state index is -0.583. The zero-order valence-electron chi connectivity index (χ0n) is 14.3. The van der Waals surface area contributed by atoms with Crippen LogP contribution in [0, 0.1) is 0 Å². The van der Waals surface area contributed by atoms with Crippen molar-refractivity contribution in [2.45, 2.75) is 65.1 Å². The summed E-state index contributed by atoms with van der Waals surface area (Å²) in [6, 6.07) is 0.753. The Bertz CT molecular complexity index is 495. The molecule has 1 aromatic heterocycles. The van der Waals surface area contributed by atoms with Crippen LogP contribution in [-0.2, 0) is 9.47 Å². The van der Waals surface area contributed by atoms with Crippen LogP contribution in [0.1, 0.15) is 47.0 Å². The highest BCUT2D eigenvalue weighted by molar-refractivity contribution is 5.82. The van der Waals surface area contributed by atoms with Crippen LogP contribution in [-0.4, -0.2) is 42.8 Å². The van der Waals surface area contributed by atoms with Gasteiger partial charge in [-0.1, -0.05) is 0 Å². The van der Waals surface area contributed by atoms with Crippen molar-refractivity contribution in [2.24, 2.45) is 0 Å². The van der Waals surface area contributed by atoms with Crippen LogP contribution in [0.15, 0.2) is 10.7 Å². The molecule has 2 heterocycles. The van der Waals surface area contributed by atoms with Gasteiger partial charge < -0.3 is 9.47 Å². The maximum Gasteiger partial charge on any atom is 0.414 e. The van der Waals surface area contributed by atoms with Crippen molar-refractivity contribution in [1.82, 2.24) is 5.27 Å². The predicted octanol–water partition coefficient (Wildman–Crippen LogP) is 1.83. The number of amides is 1. The summed E-state index contributed by atoms with van der Waals surface area (Å²) in [4.78, 5) is 13.3. The van der Waals surface area contributed by atoms with Crippen molar-refractivity contribution < 1.29 is 23.6 Å². The average Bonchev–Trinajstić information content (AvgIpc) is 2.91. The minimum Gasteiger partial charge on any atom is -0.447 e. The van der Waals surface area contributed by atoms with E-state index < -0.39 is 6.09 Å². The lowest BCUT2D eigenvalue weighted by molar-refractivity contribution is -0.765. The Morgan fingerprint density at radius 2 is 2.13 bits per heavy atom. The van der Waals surface area contributed by atoms with Gasteiger partial charge in [0.1, 0.15) is 6.61 Å². The largest absolute Gasteiger partial charge is 0.447 e.